The van der Waals surface area contributed by atoms with Crippen LogP contribution in [0, 0.1) is 0 Å². The highest BCUT2D eigenvalue weighted by molar-refractivity contribution is 6.30. The monoisotopic (exact) mass is 179 g/mol. The zero-order valence-corrected chi connectivity index (χ0v) is 7.62. The summed E-state index contributed by atoms with van der Waals surface area (Å²) in [5, 5.41) is 0.806. The van der Waals surface area contributed by atoms with Crippen molar-refractivity contribution in [1.29, 1.82) is 0 Å². The van der Waals surface area contributed by atoms with Crippen molar-refractivity contribution in [1.82, 2.24) is 0 Å². The van der Waals surface area contributed by atoms with Crippen LogP contribution < -0.4 is 0 Å². The summed E-state index contributed by atoms with van der Waals surface area (Å²) in [4.78, 5) is 4.14. The molecule has 0 spiro atoms. The van der Waals surface area contributed by atoms with Crippen molar-refractivity contribution in [3.8, 4) is 0 Å². The molecular formula is C10H10ClN. The molecule has 1 aromatic rings. The molecule has 2 unspecified atom stereocenters. The van der Waals surface area contributed by atoms with Crippen LogP contribution >= 0.6 is 11.6 Å². The van der Waals surface area contributed by atoms with Gasteiger partial charge in [0.1, 0.15) is 0 Å². The first kappa shape index (κ1) is 7.81. The van der Waals surface area contributed by atoms with E-state index in [4.69, 9.17) is 11.6 Å². The third-order valence-electron chi connectivity index (χ3n) is 2.21. The Kier molecular flexibility index (Phi) is 1.89. The second-order valence-corrected chi connectivity index (χ2v) is 3.57. The fourth-order valence-electron chi connectivity index (χ4n) is 1.29. The van der Waals surface area contributed by atoms with Crippen LogP contribution in [0.25, 0.3) is 0 Å². The number of hydrogen-bond acceptors (Lipinski definition) is 1. The van der Waals surface area contributed by atoms with Crippen LogP contribution in [-0.2, 0) is 0 Å². The molecule has 0 saturated heterocycles. The van der Waals surface area contributed by atoms with E-state index in [1.54, 1.807) is 0 Å². The summed E-state index contributed by atoms with van der Waals surface area (Å²) in [7, 11) is 0. The van der Waals surface area contributed by atoms with Gasteiger partial charge in [-0.15, -0.1) is 0 Å². The Morgan fingerprint density at radius 3 is 2.83 bits per heavy atom. The third-order valence-corrected chi connectivity index (χ3v) is 2.44. The number of halogens is 1. The number of hydrogen-bond donors (Lipinski definition) is 0. The molecule has 0 amide bonds. The molecule has 1 aromatic carbocycles. The normalized spacial score (nSPS) is 22.3. The summed E-state index contributed by atoms with van der Waals surface area (Å²) in [6.45, 7) is 2.17. The van der Waals surface area contributed by atoms with Gasteiger partial charge >= 0.3 is 0 Å². The largest absolute Gasteiger partial charge is 0.286 e. The molecule has 0 aromatic heterocycles. The molecule has 1 heterocycles. The van der Waals surface area contributed by atoms with Gasteiger partial charge < -0.3 is 0 Å². The van der Waals surface area contributed by atoms with Crippen LogP contribution in [0.4, 0.5) is 0 Å². The summed E-state index contributed by atoms with van der Waals surface area (Å²) in [5.41, 5.74) is 1.27. The lowest BCUT2D eigenvalue weighted by molar-refractivity contribution is 0.765. The Morgan fingerprint density at radius 2 is 2.25 bits per heavy atom. The Bertz CT molecular complexity index is 313. The molecule has 1 aliphatic rings. The summed E-state index contributed by atoms with van der Waals surface area (Å²) >= 11 is 5.87. The van der Waals surface area contributed by atoms with E-state index in [2.05, 4.69) is 18.0 Å². The Labute approximate surface area is 77.1 Å². The van der Waals surface area contributed by atoms with E-state index in [0.29, 0.717) is 12.0 Å². The quantitative estimate of drug-likeness (QED) is 0.662. The molecule has 0 N–H and O–H groups in total. The topological polar surface area (TPSA) is 12.4 Å². The summed E-state index contributed by atoms with van der Waals surface area (Å²) in [6.07, 6.45) is 1.98. The van der Waals surface area contributed by atoms with E-state index in [-0.39, 0.29) is 0 Å². The molecule has 12 heavy (non-hydrogen) atoms. The Balaban J connectivity index is 2.20. The van der Waals surface area contributed by atoms with Crippen LogP contribution in [0.5, 0.6) is 0 Å². The van der Waals surface area contributed by atoms with E-state index in [9.17, 15) is 0 Å². The molecule has 2 atom stereocenters. The van der Waals surface area contributed by atoms with Gasteiger partial charge in [-0.1, -0.05) is 30.7 Å². The molecule has 62 valence electrons. The number of nitrogens with zero attached hydrogens (tertiary/aromatic N) is 1. The maximum atomic E-state index is 5.87. The van der Waals surface area contributed by atoms with Crippen molar-refractivity contribution >= 4 is 17.8 Å². The predicted octanol–water partition coefficient (Wildman–Crippen LogP) is 2.90. The van der Waals surface area contributed by atoms with Crippen LogP contribution in [0.3, 0.4) is 0 Å². The lowest BCUT2D eigenvalue weighted by Gasteiger charge is -2.08. The molecule has 2 rings (SSSR count). The molecule has 1 nitrogen and oxygen atoms in total. The fourth-order valence-corrected chi connectivity index (χ4v) is 1.49. The molecule has 0 saturated carbocycles. The van der Waals surface area contributed by atoms with Crippen LogP contribution in [0.1, 0.15) is 18.4 Å². The Morgan fingerprint density at radius 1 is 1.50 bits per heavy atom. The molecule has 0 aliphatic carbocycles. The smallest absolute Gasteiger partial charge is 0.0908 e. The SMILES string of the molecule is CC(c1cccc(Cl)c1)C1C=N1. The van der Waals surface area contributed by atoms with Gasteiger partial charge in [0.25, 0.3) is 0 Å². The van der Waals surface area contributed by atoms with Crippen molar-refractivity contribution < 1.29 is 0 Å². The molecule has 2 heteroatoms. The minimum Gasteiger partial charge on any atom is -0.286 e. The van der Waals surface area contributed by atoms with Crippen molar-refractivity contribution in [2.45, 2.75) is 18.9 Å². The highest BCUT2D eigenvalue weighted by atomic mass is 35.5. The number of rotatable bonds is 2. The predicted molar refractivity (Wildman–Crippen MR) is 52.1 cm³/mol. The van der Waals surface area contributed by atoms with Crippen LogP contribution in [-0.4, -0.2) is 12.3 Å². The second kappa shape index (κ2) is 2.91. The molecule has 1 aliphatic heterocycles. The van der Waals surface area contributed by atoms with Gasteiger partial charge in [-0.25, -0.2) is 0 Å². The summed E-state index contributed by atoms with van der Waals surface area (Å²) in [6, 6.07) is 8.40. The van der Waals surface area contributed by atoms with Crippen molar-refractivity contribution in [2.24, 2.45) is 4.99 Å². The van der Waals surface area contributed by atoms with Crippen molar-refractivity contribution in [2.75, 3.05) is 0 Å². The first-order valence-electron chi connectivity index (χ1n) is 4.06. The Hall–Kier alpha value is -0.820. The van der Waals surface area contributed by atoms with Crippen LogP contribution in [0.15, 0.2) is 29.3 Å². The van der Waals surface area contributed by atoms with Gasteiger partial charge in [0.05, 0.1) is 6.04 Å². The van der Waals surface area contributed by atoms with Gasteiger partial charge in [0.2, 0.25) is 0 Å². The standard InChI is InChI=1S/C10H10ClN/c1-7(10-6-12-10)8-3-2-4-9(11)5-8/h2-7,10H,1H3. The molecule has 0 radical (unpaired) electrons. The van der Waals surface area contributed by atoms with Crippen molar-refractivity contribution in [3.63, 3.8) is 0 Å². The minimum absolute atomic E-state index is 0.420. The van der Waals surface area contributed by atoms with Gasteiger partial charge in [0.15, 0.2) is 0 Å². The number of benzene rings is 1. The third kappa shape index (κ3) is 1.51. The van der Waals surface area contributed by atoms with E-state index < -0.39 is 0 Å². The highest BCUT2D eigenvalue weighted by Crippen LogP contribution is 2.27. The minimum atomic E-state index is 0.420. The van der Waals surface area contributed by atoms with Gasteiger partial charge in [0, 0.05) is 17.2 Å². The van der Waals surface area contributed by atoms with Gasteiger partial charge in [-0.2, -0.15) is 0 Å². The van der Waals surface area contributed by atoms with Gasteiger partial charge in [-0.3, -0.25) is 4.99 Å². The second-order valence-electron chi connectivity index (χ2n) is 3.13. The first-order valence-corrected chi connectivity index (χ1v) is 4.44. The summed E-state index contributed by atoms with van der Waals surface area (Å²) < 4.78 is 0. The fraction of sp³-hybridized carbons (Fsp3) is 0.300. The molecule has 0 bridgehead atoms. The first-order chi connectivity index (χ1) is 5.77. The molecular weight excluding hydrogens is 170 g/mol. The average molecular weight is 180 g/mol. The lowest BCUT2D eigenvalue weighted by Crippen LogP contribution is -2.02. The summed E-state index contributed by atoms with van der Waals surface area (Å²) in [5.74, 6) is 0.476. The van der Waals surface area contributed by atoms with E-state index in [1.807, 2.05) is 24.4 Å². The maximum absolute atomic E-state index is 5.87. The van der Waals surface area contributed by atoms with E-state index >= 15 is 0 Å². The van der Waals surface area contributed by atoms with E-state index in [0.717, 1.165) is 5.02 Å². The average Bonchev–Trinajstić information content (AvgIpc) is 2.85. The molecule has 0 fully saturated rings. The van der Waals surface area contributed by atoms with E-state index in [1.165, 1.54) is 5.56 Å². The van der Waals surface area contributed by atoms with Gasteiger partial charge in [-0.05, 0) is 17.7 Å². The van der Waals surface area contributed by atoms with Crippen LogP contribution in [0.2, 0.25) is 5.02 Å². The number of aliphatic imine (C=N–C) groups is 1. The maximum Gasteiger partial charge on any atom is 0.0908 e. The highest BCUT2D eigenvalue weighted by Gasteiger charge is 2.22. The zero-order valence-electron chi connectivity index (χ0n) is 6.87. The van der Waals surface area contributed by atoms with Crippen molar-refractivity contribution in [3.05, 3.63) is 34.9 Å². The zero-order chi connectivity index (χ0) is 8.55. The lowest BCUT2D eigenvalue weighted by atomic mass is 9.97.